The number of rotatable bonds is 4. The zero-order chi connectivity index (χ0) is 16.6. The van der Waals surface area contributed by atoms with Gasteiger partial charge in [0.1, 0.15) is 11.4 Å². The summed E-state index contributed by atoms with van der Waals surface area (Å²) in [6, 6.07) is 0. The molecule has 0 aliphatic heterocycles. The first-order valence-corrected chi connectivity index (χ1v) is 9.03. The molecule has 2 aromatic rings. The Hall–Kier alpha value is -1.69. The Balaban J connectivity index is 1.90. The first-order valence-electron chi connectivity index (χ1n) is 8.22. The van der Waals surface area contributed by atoms with Crippen molar-refractivity contribution in [3.8, 4) is 0 Å². The fourth-order valence-corrected chi connectivity index (χ4v) is 4.35. The van der Waals surface area contributed by atoms with E-state index in [0.717, 1.165) is 35.0 Å². The van der Waals surface area contributed by atoms with Crippen LogP contribution in [-0.2, 0) is 24.2 Å². The van der Waals surface area contributed by atoms with Gasteiger partial charge in [0.05, 0.1) is 11.7 Å². The van der Waals surface area contributed by atoms with Gasteiger partial charge in [-0.25, -0.2) is 4.98 Å². The average molecular weight is 333 g/mol. The third kappa shape index (κ3) is 3.32. The molecule has 1 aliphatic rings. The van der Waals surface area contributed by atoms with Gasteiger partial charge in [0.25, 0.3) is 5.56 Å². The fraction of sp³-hybridized carbons (Fsp3) is 0.588. The molecule has 2 aromatic heterocycles. The minimum Gasteiger partial charge on any atom is -0.354 e. The van der Waals surface area contributed by atoms with Crippen molar-refractivity contribution < 1.29 is 4.79 Å². The molecule has 0 saturated carbocycles. The first-order chi connectivity index (χ1) is 11.0. The van der Waals surface area contributed by atoms with E-state index < -0.39 is 0 Å². The van der Waals surface area contributed by atoms with Crippen molar-refractivity contribution in [3.63, 3.8) is 0 Å². The quantitative estimate of drug-likeness (QED) is 0.934. The molecular weight excluding hydrogens is 310 g/mol. The van der Waals surface area contributed by atoms with Gasteiger partial charge in [-0.15, -0.1) is 11.3 Å². The van der Waals surface area contributed by atoms with Gasteiger partial charge >= 0.3 is 0 Å². The number of hydrogen-bond donors (Lipinski definition) is 1. The van der Waals surface area contributed by atoms with Crippen LogP contribution in [0.1, 0.15) is 37.6 Å². The zero-order valence-corrected chi connectivity index (χ0v) is 14.7. The van der Waals surface area contributed by atoms with E-state index in [9.17, 15) is 9.59 Å². The zero-order valence-electron chi connectivity index (χ0n) is 13.9. The van der Waals surface area contributed by atoms with E-state index in [0.29, 0.717) is 18.4 Å². The molecule has 1 aliphatic carbocycles. The minimum atomic E-state index is -0.139. The van der Waals surface area contributed by atoms with E-state index in [-0.39, 0.29) is 18.0 Å². The molecule has 0 aromatic carbocycles. The van der Waals surface area contributed by atoms with Crippen LogP contribution in [0, 0.1) is 11.8 Å². The van der Waals surface area contributed by atoms with Crippen molar-refractivity contribution in [1.82, 2.24) is 14.9 Å². The molecule has 1 amide bonds. The van der Waals surface area contributed by atoms with E-state index in [1.54, 1.807) is 11.3 Å². The molecule has 0 saturated heterocycles. The van der Waals surface area contributed by atoms with Crippen LogP contribution < -0.4 is 10.9 Å². The molecule has 1 N–H and O–H groups in total. The SMILES string of the molecule is CC(C)CNC(=O)Cn1cnc2sc3c(c2c1=O)CC[C@H](C)C3. The van der Waals surface area contributed by atoms with Crippen molar-refractivity contribution in [2.45, 2.75) is 46.6 Å². The molecule has 23 heavy (non-hydrogen) atoms. The lowest BCUT2D eigenvalue weighted by atomic mass is 9.89. The summed E-state index contributed by atoms with van der Waals surface area (Å²) >= 11 is 1.63. The summed E-state index contributed by atoms with van der Waals surface area (Å²) < 4.78 is 1.43. The number of thiophene rings is 1. The number of amides is 1. The molecule has 6 heteroatoms. The number of hydrogen-bond acceptors (Lipinski definition) is 4. The monoisotopic (exact) mass is 333 g/mol. The Morgan fingerprint density at radius 1 is 1.52 bits per heavy atom. The van der Waals surface area contributed by atoms with E-state index in [2.05, 4.69) is 17.2 Å². The molecule has 124 valence electrons. The molecule has 0 bridgehead atoms. The normalized spacial score (nSPS) is 17.5. The Morgan fingerprint density at radius 2 is 2.30 bits per heavy atom. The van der Waals surface area contributed by atoms with Gasteiger partial charge in [-0.3, -0.25) is 14.2 Å². The van der Waals surface area contributed by atoms with E-state index >= 15 is 0 Å². The fourth-order valence-electron chi connectivity index (χ4n) is 3.01. The number of carbonyl (C=O) groups excluding carboxylic acids is 1. The van der Waals surface area contributed by atoms with Gasteiger partial charge in [-0.1, -0.05) is 20.8 Å². The smallest absolute Gasteiger partial charge is 0.262 e. The summed E-state index contributed by atoms with van der Waals surface area (Å²) in [4.78, 5) is 31.3. The van der Waals surface area contributed by atoms with Crippen LogP contribution in [-0.4, -0.2) is 22.0 Å². The highest BCUT2D eigenvalue weighted by atomic mass is 32.1. The standard InChI is InChI=1S/C17H23N3O2S/c1-10(2)7-18-14(21)8-20-9-19-16-15(17(20)22)12-5-4-11(3)6-13(12)23-16/h9-11H,4-8H2,1-3H3,(H,18,21)/t11-/m0/s1. The number of nitrogens with one attached hydrogen (secondary N) is 1. The van der Waals surface area contributed by atoms with E-state index in [1.807, 2.05) is 13.8 Å². The number of carbonyl (C=O) groups is 1. The van der Waals surface area contributed by atoms with Gasteiger partial charge in [0.15, 0.2) is 0 Å². The molecule has 0 fully saturated rings. The van der Waals surface area contributed by atoms with Crippen molar-refractivity contribution in [2.24, 2.45) is 11.8 Å². The molecule has 5 nitrogen and oxygen atoms in total. The topological polar surface area (TPSA) is 64.0 Å². The molecular formula is C17H23N3O2S. The molecule has 2 heterocycles. The third-order valence-electron chi connectivity index (χ3n) is 4.30. The highest BCUT2D eigenvalue weighted by Gasteiger charge is 2.23. The van der Waals surface area contributed by atoms with Gasteiger partial charge < -0.3 is 5.32 Å². The summed E-state index contributed by atoms with van der Waals surface area (Å²) in [5.74, 6) is 0.918. The van der Waals surface area contributed by atoms with Crippen molar-refractivity contribution in [2.75, 3.05) is 6.54 Å². The van der Waals surface area contributed by atoms with E-state index in [4.69, 9.17) is 0 Å². The lowest BCUT2D eigenvalue weighted by Crippen LogP contribution is -2.34. The third-order valence-corrected chi connectivity index (χ3v) is 5.47. The second-order valence-electron chi connectivity index (χ2n) is 6.91. The molecule has 1 atom stereocenters. The van der Waals surface area contributed by atoms with Crippen LogP contribution in [0.15, 0.2) is 11.1 Å². The van der Waals surface area contributed by atoms with Gasteiger partial charge in [-0.05, 0) is 36.7 Å². The first kappa shape index (κ1) is 16.2. The molecule has 0 spiro atoms. The largest absolute Gasteiger partial charge is 0.354 e. The molecule has 3 rings (SSSR count). The van der Waals surface area contributed by atoms with Crippen LogP contribution in [0.5, 0.6) is 0 Å². The van der Waals surface area contributed by atoms with Gasteiger partial charge in [0, 0.05) is 11.4 Å². The summed E-state index contributed by atoms with van der Waals surface area (Å²) in [6.45, 7) is 6.99. The Morgan fingerprint density at radius 3 is 3.04 bits per heavy atom. The predicted molar refractivity (Wildman–Crippen MR) is 92.9 cm³/mol. The van der Waals surface area contributed by atoms with Crippen molar-refractivity contribution >= 4 is 27.5 Å². The van der Waals surface area contributed by atoms with Crippen molar-refractivity contribution in [3.05, 3.63) is 27.1 Å². The highest BCUT2D eigenvalue weighted by molar-refractivity contribution is 7.18. The predicted octanol–water partition coefficient (Wildman–Crippen LogP) is 2.35. The van der Waals surface area contributed by atoms with Crippen LogP contribution in [0.3, 0.4) is 0 Å². The maximum Gasteiger partial charge on any atom is 0.262 e. The number of fused-ring (bicyclic) bond motifs is 3. The Bertz CT molecular complexity index is 791. The van der Waals surface area contributed by atoms with Crippen LogP contribution in [0.4, 0.5) is 0 Å². The van der Waals surface area contributed by atoms with E-state index in [1.165, 1.54) is 15.8 Å². The second-order valence-corrected chi connectivity index (χ2v) is 7.99. The highest BCUT2D eigenvalue weighted by Crippen LogP contribution is 2.35. The van der Waals surface area contributed by atoms with Crippen LogP contribution >= 0.6 is 11.3 Å². The van der Waals surface area contributed by atoms with Crippen LogP contribution in [0.25, 0.3) is 10.2 Å². The number of aryl methyl sites for hydroxylation is 1. The van der Waals surface area contributed by atoms with Gasteiger partial charge in [0.2, 0.25) is 5.91 Å². The number of nitrogens with zero attached hydrogens (tertiary/aromatic N) is 2. The van der Waals surface area contributed by atoms with Crippen molar-refractivity contribution in [1.29, 1.82) is 0 Å². The second kappa shape index (κ2) is 6.43. The summed E-state index contributed by atoms with van der Waals surface area (Å²) in [7, 11) is 0. The Kier molecular flexibility index (Phi) is 4.53. The summed E-state index contributed by atoms with van der Waals surface area (Å²) in [6.07, 6.45) is 4.59. The maximum atomic E-state index is 12.8. The lowest BCUT2D eigenvalue weighted by molar-refractivity contribution is -0.121. The van der Waals surface area contributed by atoms with Crippen LogP contribution in [0.2, 0.25) is 0 Å². The average Bonchev–Trinajstić information content (AvgIpc) is 2.86. The summed E-state index contributed by atoms with van der Waals surface area (Å²) in [5, 5.41) is 3.58. The Labute approximate surface area is 139 Å². The molecule has 0 unspecified atom stereocenters. The molecule has 0 radical (unpaired) electrons. The lowest BCUT2D eigenvalue weighted by Gasteiger charge is -2.17. The van der Waals surface area contributed by atoms with Gasteiger partial charge in [-0.2, -0.15) is 0 Å². The summed E-state index contributed by atoms with van der Waals surface area (Å²) in [5.41, 5.74) is 1.08. The minimum absolute atomic E-state index is 0.0372. The maximum absolute atomic E-state index is 12.8. The number of aromatic nitrogens is 2.